The Labute approximate surface area is 114 Å². The van der Waals surface area contributed by atoms with Gasteiger partial charge < -0.3 is 4.52 Å². The van der Waals surface area contributed by atoms with E-state index in [4.69, 9.17) is 16.1 Å². The molecule has 0 fully saturated rings. The maximum Gasteiger partial charge on any atom is 0.241 e. The number of aromatic nitrogens is 4. The highest BCUT2D eigenvalue weighted by Gasteiger charge is 2.10. The van der Waals surface area contributed by atoms with Crippen LogP contribution in [-0.4, -0.2) is 20.1 Å². The number of halogens is 1. The van der Waals surface area contributed by atoms with Gasteiger partial charge in [0.25, 0.3) is 0 Å². The Balaban J connectivity index is 2.00. The van der Waals surface area contributed by atoms with Gasteiger partial charge in [-0.1, -0.05) is 35.5 Å². The summed E-state index contributed by atoms with van der Waals surface area (Å²) in [6.45, 7) is 0. The van der Waals surface area contributed by atoms with Crippen molar-refractivity contribution < 1.29 is 4.52 Å². The van der Waals surface area contributed by atoms with E-state index in [0.717, 1.165) is 5.56 Å². The third kappa shape index (κ3) is 2.46. The van der Waals surface area contributed by atoms with Gasteiger partial charge in [0.1, 0.15) is 11.6 Å². The van der Waals surface area contributed by atoms with E-state index in [1.807, 2.05) is 30.3 Å². The second-order valence-corrected chi connectivity index (χ2v) is 4.04. The Bertz CT molecular complexity index is 684. The number of alkyl halides is 1. The predicted octanol–water partition coefficient (Wildman–Crippen LogP) is 2.93. The fraction of sp³-hybridized carbons (Fsp3) is 0.0769. The molecule has 3 aromatic rings. The zero-order chi connectivity index (χ0) is 13.1. The fourth-order valence-corrected chi connectivity index (χ4v) is 1.73. The van der Waals surface area contributed by atoms with Crippen molar-refractivity contribution >= 4 is 11.6 Å². The average Bonchev–Trinajstić information content (AvgIpc) is 2.97. The molecule has 3 rings (SSSR count). The molecule has 0 atom stereocenters. The molecule has 19 heavy (non-hydrogen) atoms. The normalized spacial score (nSPS) is 10.6. The van der Waals surface area contributed by atoms with Gasteiger partial charge in [-0.15, -0.1) is 11.6 Å². The average molecular weight is 273 g/mol. The first-order chi connectivity index (χ1) is 9.36. The fourth-order valence-electron chi connectivity index (χ4n) is 1.62. The van der Waals surface area contributed by atoms with Crippen LogP contribution in [-0.2, 0) is 5.88 Å². The first-order valence-electron chi connectivity index (χ1n) is 5.64. The van der Waals surface area contributed by atoms with E-state index in [2.05, 4.69) is 20.1 Å². The topological polar surface area (TPSA) is 64.7 Å². The van der Waals surface area contributed by atoms with Gasteiger partial charge in [0.2, 0.25) is 11.7 Å². The van der Waals surface area contributed by atoms with Crippen molar-refractivity contribution in [2.45, 2.75) is 5.88 Å². The minimum atomic E-state index is 0.184. The van der Waals surface area contributed by atoms with Crippen molar-refractivity contribution in [3.63, 3.8) is 0 Å². The SMILES string of the molecule is ClCc1nc(-c2ccnc(-c3ccccc3)n2)no1. The Hall–Kier alpha value is -2.27. The van der Waals surface area contributed by atoms with Crippen molar-refractivity contribution in [3.8, 4) is 22.9 Å². The monoisotopic (exact) mass is 272 g/mol. The smallest absolute Gasteiger partial charge is 0.241 e. The molecule has 5 nitrogen and oxygen atoms in total. The molecule has 0 saturated heterocycles. The van der Waals surface area contributed by atoms with E-state index < -0.39 is 0 Å². The molecule has 2 aromatic heterocycles. The highest BCUT2D eigenvalue weighted by atomic mass is 35.5. The zero-order valence-electron chi connectivity index (χ0n) is 9.82. The van der Waals surface area contributed by atoms with Gasteiger partial charge in [0.15, 0.2) is 5.82 Å². The van der Waals surface area contributed by atoms with Crippen molar-refractivity contribution in [2.75, 3.05) is 0 Å². The minimum absolute atomic E-state index is 0.184. The molecule has 0 spiro atoms. The van der Waals surface area contributed by atoms with Crippen LogP contribution in [0.3, 0.4) is 0 Å². The van der Waals surface area contributed by atoms with Gasteiger partial charge in [-0.25, -0.2) is 9.97 Å². The molecule has 0 amide bonds. The van der Waals surface area contributed by atoms with Gasteiger partial charge in [-0.2, -0.15) is 4.98 Å². The number of nitrogens with zero attached hydrogens (tertiary/aromatic N) is 4. The van der Waals surface area contributed by atoms with Crippen LogP contribution < -0.4 is 0 Å². The van der Waals surface area contributed by atoms with Crippen molar-refractivity contribution in [2.24, 2.45) is 0 Å². The highest BCUT2D eigenvalue weighted by Crippen LogP contribution is 2.18. The molecule has 0 saturated carbocycles. The molecule has 0 bridgehead atoms. The standard InChI is InChI=1S/C13H9ClN4O/c14-8-11-17-13(18-19-11)10-6-7-15-12(16-10)9-4-2-1-3-5-9/h1-7H,8H2. The third-order valence-electron chi connectivity index (χ3n) is 2.50. The molecule has 0 aliphatic heterocycles. The molecule has 1 aromatic carbocycles. The summed E-state index contributed by atoms with van der Waals surface area (Å²) in [4.78, 5) is 12.8. The van der Waals surface area contributed by atoms with Crippen LogP contribution >= 0.6 is 11.6 Å². The molecule has 2 heterocycles. The second-order valence-electron chi connectivity index (χ2n) is 3.78. The molecular formula is C13H9ClN4O. The molecule has 0 radical (unpaired) electrons. The van der Waals surface area contributed by atoms with Crippen LogP contribution in [0.2, 0.25) is 0 Å². The summed E-state index contributed by atoms with van der Waals surface area (Å²) in [6, 6.07) is 11.4. The summed E-state index contributed by atoms with van der Waals surface area (Å²) in [5.41, 5.74) is 1.54. The number of hydrogen-bond acceptors (Lipinski definition) is 5. The van der Waals surface area contributed by atoms with E-state index >= 15 is 0 Å². The van der Waals surface area contributed by atoms with E-state index in [1.165, 1.54) is 0 Å². The quantitative estimate of drug-likeness (QED) is 0.686. The van der Waals surface area contributed by atoms with E-state index in [1.54, 1.807) is 12.3 Å². The molecule has 0 unspecified atom stereocenters. The van der Waals surface area contributed by atoms with Crippen LogP contribution in [0.4, 0.5) is 0 Å². The summed E-state index contributed by atoms with van der Waals surface area (Å²) in [6.07, 6.45) is 1.67. The van der Waals surface area contributed by atoms with Crippen LogP contribution in [0.25, 0.3) is 22.9 Å². The Morgan fingerprint density at radius 3 is 2.58 bits per heavy atom. The van der Waals surface area contributed by atoms with Gasteiger partial charge >= 0.3 is 0 Å². The van der Waals surface area contributed by atoms with Crippen molar-refractivity contribution in [1.82, 2.24) is 20.1 Å². The molecule has 0 N–H and O–H groups in total. The Morgan fingerprint density at radius 1 is 1.00 bits per heavy atom. The number of benzene rings is 1. The largest absolute Gasteiger partial charge is 0.338 e. The Morgan fingerprint density at radius 2 is 1.84 bits per heavy atom. The molecule has 94 valence electrons. The van der Waals surface area contributed by atoms with Crippen molar-refractivity contribution in [1.29, 1.82) is 0 Å². The number of rotatable bonds is 3. The molecule has 0 aliphatic rings. The van der Waals surface area contributed by atoms with Gasteiger partial charge in [-0.3, -0.25) is 0 Å². The van der Waals surface area contributed by atoms with Crippen LogP contribution in [0, 0.1) is 0 Å². The van der Waals surface area contributed by atoms with Crippen molar-refractivity contribution in [3.05, 3.63) is 48.5 Å². The molecule has 0 aliphatic carbocycles. The van der Waals surface area contributed by atoms with Gasteiger partial charge in [-0.05, 0) is 6.07 Å². The summed E-state index contributed by atoms with van der Waals surface area (Å²) in [5, 5.41) is 3.83. The lowest BCUT2D eigenvalue weighted by Crippen LogP contribution is -1.92. The lowest BCUT2D eigenvalue weighted by molar-refractivity contribution is 0.391. The van der Waals surface area contributed by atoms with Gasteiger partial charge in [0, 0.05) is 11.8 Å². The Kier molecular flexibility index (Phi) is 3.20. The lowest BCUT2D eigenvalue weighted by Gasteiger charge is -2.00. The van der Waals surface area contributed by atoms with Gasteiger partial charge in [0.05, 0.1) is 0 Å². The summed E-state index contributed by atoms with van der Waals surface area (Å²) >= 11 is 5.63. The summed E-state index contributed by atoms with van der Waals surface area (Å²) in [5.74, 6) is 1.59. The van der Waals surface area contributed by atoms with Crippen LogP contribution in [0.5, 0.6) is 0 Å². The number of hydrogen-bond donors (Lipinski definition) is 0. The molecular weight excluding hydrogens is 264 g/mol. The summed E-state index contributed by atoms with van der Waals surface area (Å²) < 4.78 is 4.96. The minimum Gasteiger partial charge on any atom is -0.338 e. The first-order valence-corrected chi connectivity index (χ1v) is 6.17. The van der Waals surface area contributed by atoms with Crippen LogP contribution in [0.15, 0.2) is 47.1 Å². The van der Waals surface area contributed by atoms with E-state index in [0.29, 0.717) is 23.2 Å². The zero-order valence-corrected chi connectivity index (χ0v) is 10.6. The summed E-state index contributed by atoms with van der Waals surface area (Å²) in [7, 11) is 0. The first kappa shape index (κ1) is 11.8. The highest BCUT2D eigenvalue weighted by molar-refractivity contribution is 6.16. The maximum atomic E-state index is 5.63. The third-order valence-corrected chi connectivity index (χ3v) is 2.73. The van der Waals surface area contributed by atoms with E-state index in [9.17, 15) is 0 Å². The molecule has 6 heteroatoms. The maximum absolute atomic E-state index is 5.63. The van der Waals surface area contributed by atoms with Crippen LogP contribution in [0.1, 0.15) is 5.89 Å². The predicted molar refractivity (Wildman–Crippen MR) is 70.3 cm³/mol. The van der Waals surface area contributed by atoms with E-state index in [-0.39, 0.29) is 5.88 Å². The second kappa shape index (κ2) is 5.16. The lowest BCUT2D eigenvalue weighted by atomic mass is 10.2.